The highest BCUT2D eigenvalue weighted by Crippen LogP contribution is 2.30. The predicted molar refractivity (Wildman–Crippen MR) is 116 cm³/mol. The summed E-state index contributed by atoms with van der Waals surface area (Å²) in [6.07, 6.45) is -0.888. The van der Waals surface area contributed by atoms with Gasteiger partial charge in [0.25, 0.3) is 0 Å². The molecule has 186 valence electrons. The summed E-state index contributed by atoms with van der Waals surface area (Å²) < 4.78 is 5.28. The summed E-state index contributed by atoms with van der Waals surface area (Å²) in [5, 5.41) is 33.3. The van der Waals surface area contributed by atoms with Crippen molar-refractivity contribution in [2.75, 3.05) is 19.6 Å². The molecule has 35 heavy (non-hydrogen) atoms. The van der Waals surface area contributed by atoms with Gasteiger partial charge < -0.3 is 35.4 Å². The number of imide groups is 1. The van der Waals surface area contributed by atoms with Crippen LogP contribution in [0.3, 0.4) is 0 Å². The van der Waals surface area contributed by atoms with Crippen LogP contribution in [0.15, 0.2) is 18.2 Å². The summed E-state index contributed by atoms with van der Waals surface area (Å²) in [6, 6.07) is 1.54. The molecule has 2 heterocycles. The smallest absolute Gasteiger partial charge is 0.534 e. The van der Waals surface area contributed by atoms with E-state index < -0.39 is 61.2 Å². The van der Waals surface area contributed by atoms with Gasteiger partial charge in [-0.3, -0.25) is 24.1 Å². The molecule has 0 spiro atoms. The molecule has 5 amide bonds. The molecule has 1 aromatic carbocycles. The second kappa shape index (κ2) is 10.4. The van der Waals surface area contributed by atoms with Gasteiger partial charge in [0.05, 0.1) is 17.9 Å². The van der Waals surface area contributed by atoms with E-state index >= 15 is 0 Å². The SMILES string of the molecule is CCN1CCN(C(=O)N[C@H](CC(=O)O)C(=O)N[C@H]2Cc3cccc(C(=O)O)c3OB2O)C(=O)C1=O. The number of nitrogens with one attached hydrogen (secondary N) is 2. The molecule has 0 radical (unpaired) electrons. The quantitative estimate of drug-likeness (QED) is 0.212. The van der Waals surface area contributed by atoms with Gasteiger partial charge in [-0.1, -0.05) is 12.1 Å². The Morgan fingerprint density at radius 3 is 2.51 bits per heavy atom. The second-order valence-corrected chi connectivity index (χ2v) is 7.87. The van der Waals surface area contributed by atoms with E-state index in [1.54, 1.807) is 13.0 Å². The minimum absolute atomic E-state index is 0.0386. The van der Waals surface area contributed by atoms with E-state index in [9.17, 15) is 44.0 Å². The molecule has 0 aromatic heterocycles. The van der Waals surface area contributed by atoms with Crippen molar-refractivity contribution in [3.05, 3.63) is 29.3 Å². The minimum Gasteiger partial charge on any atom is -0.534 e. The normalized spacial score (nSPS) is 18.3. The molecule has 2 aliphatic rings. The largest absolute Gasteiger partial charge is 0.547 e. The van der Waals surface area contributed by atoms with Gasteiger partial charge in [0, 0.05) is 19.6 Å². The van der Waals surface area contributed by atoms with Crippen molar-refractivity contribution >= 4 is 42.8 Å². The molecule has 0 bridgehead atoms. The molecular formula is C20H23BN4O10. The van der Waals surface area contributed by atoms with Gasteiger partial charge in [-0.05, 0) is 25.0 Å². The van der Waals surface area contributed by atoms with E-state index in [1.807, 2.05) is 0 Å². The number of fused-ring (bicyclic) bond motifs is 1. The fraction of sp³-hybridized carbons (Fsp3) is 0.400. The van der Waals surface area contributed by atoms with Crippen molar-refractivity contribution in [2.45, 2.75) is 31.7 Å². The number of carbonyl (C=O) groups is 6. The summed E-state index contributed by atoms with van der Waals surface area (Å²) in [5.74, 6) is -6.83. The maximum Gasteiger partial charge on any atom is 0.547 e. The summed E-state index contributed by atoms with van der Waals surface area (Å²) in [5.41, 5.74) is 0.210. The summed E-state index contributed by atoms with van der Waals surface area (Å²) in [6.45, 7) is 1.89. The third-order valence-corrected chi connectivity index (χ3v) is 5.61. The van der Waals surface area contributed by atoms with E-state index in [-0.39, 0.29) is 37.4 Å². The average molecular weight is 490 g/mol. The minimum atomic E-state index is -1.66. The third-order valence-electron chi connectivity index (χ3n) is 5.61. The molecule has 3 rings (SSSR count). The van der Waals surface area contributed by atoms with E-state index in [0.717, 1.165) is 0 Å². The van der Waals surface area contributed by atoms with Gasteiger partial charge in [0.1, 0.15) is 11.8 Å². The van der Waals surface area contributed by atoms with E-state index in [1.165, 1.54) is 17.0 Å². The number of nitrogens with zero attached hydrogens (tertiary/aromatic N) is 2. The Bertz CT molecular complexity index is 1080. The lowest BCUT2D eigenvalue weighted by Crippen LogP contribution is -2.62. The Labute approximate surface area is 199 Å². The van der Waals surface area contributed by atoms with Crippen molar-refractivity contribution in [3.8, 4) is 5.75 Å². The summed E-state index contributed by atoms with van der Waals surface area (Å²) in [4.78, 5) is 74.2. The first-order valence-electron chi connectivity index (χ1n) is 10.7. The highest BCUT2D eigenvalue weighted by atomic mass is 16.5. The van der Waals surface area contributed by atoms with Gasteiger partial charge in [-0.15, -0.1) is 0 Å². The van der Waals surface area contributed by atoms with Gasteiger partial charge in [-0.2, -0.15) is 0 Å². The molecule has 2 aliphatic heterocycles. The fourth-order valence-electron chi connectivity index (χ4n) is 3.78. The fourth-order valence-corrected chi connectivity index (χ4v) is 3.78. The van der Waals surface area contributed by atoms with Gasteiger partial charge in [0.15, 0.2) is 0 Å². The standard InChI is InChI=1S/C20H23BN4O10/c1-2-24-6-7-25(18(30)17(24)29)20(33)22-12(9-14(26)27)16(28)23-13-8-10-4-3-5-11(19(31)32)15(10)35-21(13)34/h3-5,12-13,34H,2,6-9H2,1H3,(H,22,33)(H,23,28)(H,26,27)(H,31,32)/t12-,13+/m1/s1. The number of aromatic carboxylic acids is 1. The molecule has 1 fully saturated rings. The highest BCUT2D eigenvalue weighted by molar-refractivity contribution is 6.47. The van der Waals surface area contributed by atoms with E-state index in [2.05, 4.69) is 10.6 Å². The molecule has 0 unspecified atom stereocenters. The molecule has 5 N–H and O–H groups in total. The Hall–Kier alpha value is -4.14. The van der Waals surface area contributed by atoms with Crippen molar-refractivity contribution in [2.24, 2.45) is 0 Å². The van der Waals surface area contributed by atoms with Crippen LogP contribution in [0.2, 0.25) is 0 Å². The molecule has 2 atom stereocenters. The number of carboxylic acid groups (broad SMARTS) is 2. The van der Waals surface area contributed by atoms with Crippen molar-refractivity contribution < 1.29 is 48.7 Å². The Balaban J connectivity index is 1.71. The zero-order valence-corrected chi connectivity index (χ0v) is 18.6. The number of amides is 5. The summed E-state index contributed by atoms with van der Waals surface area (Å²) in [7, 11) is -1.66. The number of rotatable bonds is 7. The van der Waals surface area contributed by atoms with Crippen LogP contribution in [0.25, 0.3) is 0 Å². The Morgan fingerprint density at radius 1 is 1.17 bits per heavy atom. The van der Waals surface area contributed by atoms with Crippen LogP contribution in [0.1, 0.15) is 29.3 Å². The van der Waals surface area contributed by atoms with Crippen LogP contribution in [-0.2, 0) is 25.6 Å². The first-order chi connectivity index (χ1) is 16.5. The number of urea groups is 1. The molecule has 1 aromatic rings. The van der Waals surface area contributed by atoms with Crippen LogP contribution in [-0.4, -0.2) is 99.5 Å². The Morgan fingerprint density at radius 2 is 1.89 bits per heavy atom. The van der Waals surface area contributed by atoms with Gasteiger partial charge >= 0.3 is 36.9 Å². The van der Waals surface area contributed by atoms with Crippen LogP contribution in [0.5, 0.6) is 5.75 Å². The lowest BCUT2D eigenvalue weighted by atomic mass is 9.72. The predicted octanol–water partition coefficient (Wildman–Crippen LogP) is -1.93. The van der Waals surface area contributed by atoms with E-state index in [4.69, 9.17) is 4.65 Å². The monoisotopic (exact) mass is 490 g/mol. The van der Waals surface area contributed by atoms with Crippen LogP contribution in [0, 0.1) is 0 Å². The first-order valence-corrected chi connectivity index (χ1v) is 10.7. The topological polar surface area (TPSA) is 203 Å². The van der Waals surface area contributed by atoms with Crippen molar-refractivity contribution in [1.82, 2.24) is 20.4 Å². The molecule has 1 saturated heterocycles. The molecule has 0 aliphatic carbocycles. The summed E-state index contributed by atoms with van der Waals surface area (Å²) >= 11 is 0. The number of benzene rings is 1. The number of piperazine rings is 1. The number of para-hydroxylation sites is 1. The maximum absolute atomic E-state index is 12.8. The van der Waals surface area contributed by atoms with Gasteiger partial charge in [-0.25, -0.2) is 9.59 Å². The first kappa shape index (κ1) is 25.5. The lowest BCUT2D eigenvalue weighted by molar-refractivity contribution is -0.153. The lowest BCUT2D eigenvalue weighted by Gasteiger charge is -2.33. The number of hydrogen-bond donors (Lipinski definition) is 5. The van der Waals surface area contributed by atoms with Crippen molar-refractivity contribution in [1.29, 1.82) is 0 Å². The van der Waals surface area contributed by atoms with E-state index in [0.29, 0.717) is 10.5 Å². The second-order valence-electron chi connectivity index (χ2n) is 7.87. The van der Waals surface area contributed by atoms with Crippen molar-refractivity contribution in [3.63, 3.8) is 0 Å². The molecule has 15 heteroatoms. The maximum atomic E-state index is 12.8. The molecule has 0 saturated carbocycles. The Kier molecular flexibility index (Phi) is 7.59. The third kappa shape index (κ3) is 5.51. The van der Waals surface area contributed by atoms with Crippen LogP contribution in [0.4, 0.5) is 4.79 Å². The number of carbonyl (C=O) groups excluding carboxylic acids is 4. The molecule has 14 nitrogen and oxygen atoms in total. The number of likely N-dealkylation sites (N-methyl/N-ethyl adjacent to an activating group) is 1. The number of aliphatic carboxylic acids is 1. The highest BCUT2D eigenvalue weighted by Gasteiger charge is 2.40. The number of hydrogen-bond acceptors (Lipinski definition) is 8. The molecular weight excluding hydrogens is 467 g/mol. The zero-order chi connectivity index (χ0) is 25.9. The van der Waals surface area contributed by atoms with Gasteiger partial charge in [0.2, 0.25) is 5.91 Å². The van der Waals surface area contributed by atoms with Crippen LogP contribution < -0.4 is 15.3 Å². The zero-order valence-electron chi connectivity index (χ0n) is 18.6. The van der Waals surface area contributed by atoms with Crippen LogP contribution >= 0.6 is 0 Å². The average Bonchev–Trinajstić information content (AvgIpc) is 2.79. The number of carboxylic acids is 2.